The Morgan fingerprint density at radius 2 is 1.75 bits per heavy atom. The molecule has 2 aliphatic rings. The van der Waals surface area contributed by atoms with Crippen LogP contribution < -0.4 is 4.90 Å². The number of aromatic hydroxyl groups is 1. The van der Waals surface area contributed by atoms with Crippen LogP contribution in [0.4, 0.5) is 11.4 Å². The zero-order chi connectivity index (χ0) is 27.6. The summed E-state index contributed by atoms with van der Waals surface area (Å²) in [6.07, 6.45) is 1.22. The Balaban J connectivity index is 1.32. The molecule has 1 aromatic heterocycles. The number of ether oxygens (including phenoxy) is 1. The van der Waals surface area contributed by atoms with E-state index in [2.05, 4.69) is 9.88 Å². The molecule has 0 unspecified atom stereocenters. The van der Waals surface area contributed by atoms with Crippen molar-refractivity contribution in [2.45, 2.75) is 12.8 Å². The van der Waals surface area contributed by atoms with Gasteiger partial charge in [-0.15, -0.1) is 0 Å². The molecule has 1 fully saturated rings. The Morgan fingerprint density at radius 1 is 0.950 bits per heavy atom. The predicted molar refractivity (Wildman–Crippen MR) is 153 cm³/mol. The average molecular weight is 539 g/mol. The number of morpholine rings is 1. The number of aromatic nitrogens is 1. The van der Waals surface area contributed by atoms with Gasteiger partial charge in [-0.05, 0) is 42.3 Å². The fourth-order valence-electron chi connectivity index (χ4n) is 5.48. The summed E-state index contributed by atoms with van der Waals surface area (Å²) in [6.45, 7) is 4.54. The van der Waals surface area contributed by atoms with Gasteiger partial charge >= 0.3 is 5.97 Å². The van der Waals surface area contributed by atoms with Gasteiger partial charge in [-0.2, -0.15) is 0 Å². The zero-order valence-electron chi connectivity index (χ0n) is 22.0. The van der Waals surface area contributed by atoms with Gasteiger partial charge in [-0.3, -0.25) is 9.69 Å². The lowest BCUT2D eigenvalue weighted by Crippen LogP contribution is -2.39. The summed E-state index contributed by atoms with van der Waals surface area (Å²) in [7, 11) is 0. The molecule has 2 aliphatic heterocycles. The third kappa shape index (κ3) is 5.09. The molecule has 204 valence electrons. The first-order chi connectivity index (χ1) is 19.5. The Bertz CT molecular complexity index is 1610. The molecule has 0 aliphatic carbocycles. The minimum atomic E-state index is -1.04. The van der Waals surface area contributed by atoms with Crippen molar-refractivity contribution in [1.29, 1.82) is 0 Å². The second-order valence-electron chi connectivity index (χ2n) is 10.1. The van der Waals surface area contributed by atoms with Gasteiger partial charge in [0, 0.05) is 54.8 Å². The quantitative estimate of drug-likeness (QED) is 0.301. The third-order valence-electron chi connectivity index (χ3n) is 7.56. The fraction of sp³-hybridized carbons (Fsp3) is 0.258. The van der Waals surface area contributed by atoms with Crippen LogP contribution in [0.25, 0.3) is 10.9 Å². The highest BCUT2D eigenvalue weighted by molar-refractivity contribution is 6.22. The van der Waals surface area contributed by atoms with Crippen molar-refractivity contribution in [3.63, 3.8) is 0 Å². The number of hydrogen-bond donors (Lipinski definition) is 3. The lowest BCUT2D eigenvalue weighted by molar-refractivity contribution is -0.119. The van der Waals surface area contributed by atoms with Crippen LogP contribution in [0.1, 0.15) is 33.5 Å². The van der Waals surface area contributed by atoms with E-state index >= 15 is 0 Å². The number of hydrogen-bond acceptors (Lipinski definition) is 6. The van der Waals surface area contributed by atoms with Crippen LogP contribution in [0, 0.1) is 0 Å². The molecule has 3 N–H and O–H groups in total. The Kier molecular flexibility index (Phi) is 7.06. The summed E-state index contributed by atoms with van der Waals surface area (Å²) < 4.78 is 5.40. The van der Waals surface area contributed by atoms with Gasteiger partial charge in [0.2, 0.25) is 5.91 Å². The fourth-order valence-corrected chi connectivity index (χ4v) is 5.48. The lowest BCUT2D eigenvalue weighted by atomic mass is 10.00. The zero-order valence-corrected chi connectivity index (χ0v) is 22.0. The first kappa shape index (κ1) is 25.8. The second kappa shape index (κ2) is 11.0. The molecule has 0 atom stereocenters. The molecule has 4 aromatic rings. The highest BCUT2D eigenvalue weighted by Crippen LogP contribution is 2.35. The van der Waals surface area contributed by atoms with E-state index in [1.807, 2.05) is 53.4 Å². The molecule has 0 saturated carbocycles. The average Bonchev–Trinajstić information content (AvgIpc) is 3.55. The van der Waals surface area contributed by atoms with E-state index in [4.69, 9.17) is 9.73 Å². The van der Waals surface area contributed by atoms with Gasteiger partial charge in [0.05, 0.1) is 35.7 Å². The maximum atomic E-state index is 13.1. The Labute approximate surface area is 231 Å². The van der Waals surface area contributed by atoms with E-state index in [-0.39, 0.29) is 17.4 Å². The molecule has 0 radical (unpaired) electrons. The third-order valence-corrected chi connectivity index (χ3v) is 7.56. The van der Waals surface area contributed by atoms with E-state index < -0.39 is 5.97 Å². The molecule has 9 nitrogen and oxygen atoms in total. The van der Waals surface area contributed by atoms with Crippen LogP contribution in [-0.2, 0) is 16.0 Å². The van der Waals surface area contributed by atoms with Crippen molar-refractivity contribution >= 4 is 39.9 Å². The molecule has 3 aromatic carbocycles. The number of aliphatic imine (C=N–C) groups is 1. The van der Waals surface area contributed by atoms with Gasteiger partial charge in [-0.25, -0.2) is 9.79 Å². The number of amides is 1. The van der Waals surface area contributed by atoms with Crippen molar-refractivity contribution < 1.29 is 24.5 Å². The molecule has 1 amide bonds. The number of carbonyl (C=O) groups excluding carboxylic acids is 1. The molecule has 3 heterocycles. The molecule has 6 rings (SSSR count). The van der Waals surface area contributed by atoms with Crippen molar-refractivity contribution in [2.24, 2.45) is 4.99 Å². The van der Waals surface area contributed by atoms with Gasteiger partial charge in [0.25, 0.3) is 0 Å². The van der Waals surface area contributed by atoms with Crippen LogP contribution in [0.15, 0.2) is 71.7 Å². The number of fused-ring (bicyclic) bond motifs is 2. The van der Waals surface area contributed by atoms with Crippen LogP contribution in [0.2, 0.25) is 0 Å². The van der Waals surface area contributed by atoms with Crippen LogP contribution in [0.3, 0.4) is 0 Å². The predicted octanol–water partition coefficient (Wildman–Crippen LogP) is 4.35. The second-order valence-corrected chi connectivity index (χ2v) is 10.1. The number of carbonyl (C=O) groups is 2. The number of carboxylic acids is 1. The Morgan fingerprint density at radius 3 is 2.52 bits per heavy atom. The largest absolute Gasteiger partial charge is 0.494 e. The maximum absolute atomic E-state index is 13.1. The molecular weight excluding hydrogens is 508 g/mol. The number of nitrogens with zero attached hydrogens (tertiary/aromatic N) is 3. The minimum absolute atomic E-state index is 0.0849. The molecule has 9 heteroatoms. The number of anilines is 1. The lowest BCUT2D eigenvalue weighted by Gasteiger charge is -2.27. The molecule has 0 bridgehead atoms. The van der Waals surface area contributed by atoms with E-state index in [0.29, 0.717) is 54.0 Å². The highest BCUT2D eigenvalue weighted by atomic mass is 16.5. The van der Waals surface area contributed by atoms with Crippen LogP contribution in [0.5, 0.6) is 5.88 Å². The number of nitrogens with one attached hydrogen (secondary N) is 1. The summed E-state index contributed by atoms with van der Waals surface area (Å²) >= 11 is 0. The topological polar surface area (TPSA) is 118 Å². The monoisotopic (exact) mass is 538 g/mol. The van der Waals surface area contributed by atoms with E-state index in [9.17, 15) is 19.8 Å². The van der Waals surface area contributed by atoms with E-state index in [1.54, 1.807) is 6.07 Å². The van der Waals surface area contributed by atoms with Gasteiger partial charge < -0.3 is 24.8 Å². The standard InChI is InChI=1S/C31H30N4O5/c36-27(11-12-34-14-16-40-17-15-34)35-13-10-21-18-23(7-9-26(21)35)32-29(20-4-2-1-3-5-20)28-24-8-6-22(31(38)39)19-25(24)33-30(28)37/h1-9,18-19,33,37H,10-17H2,(H,38,39). The van der Waals surface area contributed by atoms with Crippen molar-refractivity contribution in [3.05, 3.63) is 89.0 Å². The van der Waals surface area contributed by atoms with Crippen LogP contribution >= 0.6 is 0 Å². The number of H-pyrrole nitrogens is 1. The smallest absolute Gasteiger partial charge is 0.335 e. The van der Waals surface area contributed by atoms with Gasteiger partial charge in [-0.1, -0.05) is 36.4 Å². The van der Waals surface area contributed by atoms with Crippen LogP contribution in [-0.4, -0.2) is 77.1 Å². The number of aromatic carboxylic acids is 1. The first-order valence-corrected chi connectivity index (χ1v) is 13.4. The first-order valence-electron chi connectivity index (χ1n) is 13.4. The van der Waals surface area contributed by atoms with E-state index in [0.717, 1.165) is 42.9 Å². The molecule has 1 saturated heterocycles. The number of carboxylic acid groups (broad SMARTS) is 1. The van der Waals surface area contributed by atoms with Crippen molar-refractivity contribution in [1.82, 2.24) is 9.88 Å². The highest BCUT2D eigenvalue weighted by Gasteiger charge is 2.26. The van der Waals surface area contributed by atoms with Gasteiger partial charge in [0.1, 0.15) is 0 Å². The van der Waals surface area contributed by atoms with E-state index in [1.165, 1.54) is 12.1 Å². The number of rotatable bonds is 7. The summed E-state index contributed by atoms with van der Waals surface area (Å²) in [6, 6.07) is 20.1. The maximum Gasteiger partial charge on any atom is 0.335 e. The Hall–Kier alpha value is -4.47. The summed E-state index contributed by atoms with van der Waals surface area (Å²) in [5.41, 5.74) is 5.18. The normalized spacial score (nSPS) is 15.9. The molecule has 40 heavy (non-hydrogen) atoms. The minimum Gasteiger partial charge on any atom is -0.494 e. The molecular formula is C31H30N4O5. The number of aromatic amines is 1. The van der Waals surface area contributed by atoms with Crippen molar-refractivity contribution in [3.8, 4) is 5.88 Å². The van der Waals surface area contributed by atoms with Crippen molar-refractivity contribution in [2.75, 3.05) is 44.3 Å². The number of benzene rings is 3. The summed E-state index contributed by atoms with van der Waals surface area (Å²) in [5.74, 6) is -1.00. The SMILES string of the molecule is O=C(O)c1ccc2c(C(=Nc3ccc4c(c3)CCN4C(=O)CCN3CCOCC3)c3ccccc3)c(O)[nH]c2c1. The summed E-state index contributed by atoms with van der Waals surface area (Å²) in [4.78, 5) is 36.6. The summed E-state index contributed by atoms with van der Waals surface area (Å²) in [5, 5.41) is 21.0. The molecule has 0 spiro atoms. The van der Waals surface area contributed by atoms with Gasteiger partial charge in [0.15, 0.2) is 5.88 Å².